The number of amides is 2. The van der Waals surface area contributed by atoms with Gasteiger partial charge in [0.1, 0.15) is 12.0 Å². The summed E-state index contributed by atoms with van der Waals surface area (Å²) in [5.41, 5.74) is -0.693. The van der Waals surface area contributed by atoms with Crippen LogP contribution >= 0.6 is 0 Å². The molecule has 12 nitrogen and oxygen atoms in total. The molecule has 4 saturated carbocycles. The Bertz CT molecular complexity index is 1320. The third-order valence-electron chi connectivity index (χ3n) is 8.15. The summed E-state index contributed by atoms with van der Waals surface area (Å²) in [6, 6.07) is 3.45. The molecule has 194 valence electrons. The molecule has 3 aromatic heterocycles. The Hall–Kier alpha value is -3.96. The van der Waals surface area contributed by atoms with Gasteiger partial charge in [-0.25, -0.2) is 0 Å². The maximum atomic E-state index is 13.3. The highest BCUT2D eigenvalue weighted by molar-refractivity contribution is 6.09. The number of rotatable bonds is 8. The molecular weight excluding hydrogens is 478 g/mol. The van der Waals surface area contributed by atoms with Crippen molar-refractivity contribution < 1.29 is 18.9 Å². The highest BCUT2D eigenvalue weighted by atomic mass is 16.6. The van der Waals surface area contributed by atoms with Crippen LogP contribution in [0, 0.1) is 27.9 Å². The lowest BCUT2D eigenvalue weighted by Crippen LogP contribution is -2.52. The van der Waals surface area contributed by atoms with E-state index in [4.69, 9.17) is 4.42 Å². The van der Waals surface area contributed by atoms with Gasteiger partial charge in [0.2, 0.25) is 5.69 Å². The number of aromatic nitrogens is 4. The van der Waals surface area contributed by atoms with E-state index in [0.717, 1.165) is 19.3 Å². The second kappa shape index (κ2) is 8.86. The van der Waals surface area contributed by atoms with Crippen LogP contribution in [0.5, 0.6) is 0 Å². The van der Waals surface area contributed by atoms with E-state index in [9.17, 15) is 19.7 Å². The molecular formula is C25H29N7O5. The van der Waals surface area contributed by atoms with Crippen LogP contribution in [0.25, 0.3) is 0 Å². The maximum absolute atomic E-state index is 13.3. The number of furan rings is 1. The zero-order chi connectivity index (χ0) is 25.7. The van der Waals surface area contributed by atoms with Crippen molar-refractivity contribution >= 4 is 23.2 Å². The molecule has 3 heterocycles. The molecule has 37 heavy (non-hydrogen) atoms. The molecule has 0 aliphatic heterocycles. The van der Waals surface area contributed by atoms with Crippen LogP contribution in [0.15, 0.2) is 35.2 Å². The number of carbonyl (C=O) groups is 2. The quantitative estimate of drug-likeness (QED) is 0.348. The summed E-state index contributed by atoms with van der Waals surface area (Å²) in [7, 11) is 0. The van der Waals surface area contributed by atoms with Gasteiger partial charge in [0, 0.05) is 12.7 Å². The normalized spacial score (nSPS) is 25.8. The monoisotopic (exact) mass is 507 g/mol. The molecule has 2 N–H and O–H groups in total. The van der Waals surface area contributed by atoms with E-state index in [1.165, 1.54) is 42.6 Å². The molecule has 4 bridgehead atoms. The van der Waals surface area contributed by atoms with Crippen molar-refractivity contribution in [1.29, 1.82) is 0 Å². The second-order valence-corrected chi connectivity index (χ2v) is 10.7. The zero-order valence-corrected chi connectivity index (χ0v) is 20.6. The first-order chi connectivity index (χ1) is 17.8. The second-order valence-electron chi connectivity index (χ2n) is 10.7. The maximum Gasteiger partial charge on any atom is 0.320 e. The van der Waals surface area contributed by atoms with E-state index in [2.05, 4.69) is 20.8 Å². The molecule has 0 atom stereocenters. The standard InChI is InChI=1S/C25H29N7O5/c1-2-30-13-19(21(28-30)23(33)26-12-18-4-3-5-37-18)27-24(34)22-20(32(35)36)14-31(29-22)25-9-15-6-16(10-25)8-17(7-15)11-25/h3-5,13-17H,2,6-12H2,1H3,(H,26,33)(H,27,34). The van der Waals surface area contributed by atoms with Gasteiger partial charge in [0.15, 0.2) is 5.69 Å². The number of carbonyl (C=O) groups excluding carboxylic acids is 2. The Balaban J connectivity index is 1.26. The Morgan fingerprint density at radius 3 is 2.41 bits per heavy atom. The van der Waals surface area contributed by atoms with Gasteiger partial charge in [0.25, 0.3) is 11.8 Å². The molecule has 0 aromatic carbocycles. The van der Waals surface area contributed by atoms with Crippen LogP contribution < -0.4 is 10.6 Å². The third kappa shape index (κ3) is 4.19. The van der Waals surface area contributed by atoms with Crippen LogP contribution in [-0.4, -0.2) is 36.3 Å². The minimum Gasteiger partial charge on any atom is -0.467 e. The largest absolute Gasteiger partial charge is 0.467 e. The van der Waals surface area contributed by atoms with Crippen molar-refractivity contribution in [2.24, 2.45) is 17.8 Å². The highest BCUT2D eigenvalue weighted by Crippen LogP contribution is 2.58. The molecule has 12 heteroatoms. The minimum absolute atomic E-state index is 0.00456. The number of aryl methyl sites for hydroxylation is 1. The third-order valence-corrected chi connectivity index (χ3v) is 8.15. The summed E-state index contributed by atoms with van der Waals surface area (Å²) >= 11 is 0. The lowest BCUT2D eigenvalue weighted by Gasteiger charge is -2.56. The number of nitro groups is 1. The number of nitrogens with one attached hydrogen (secondary N) is 2. The van der Waals surface area contributed by atoms with Gasteiger partial charge in [0.05, 0.1) is 29.0 Å². The molecule has 3 aromatic rings. The lowest BCUT2D eigenvalue weighted by molar-refractivity contribution is -0.385. The Kier molecular flexibility index (Phi) is 5.61. The zero-order valence-electron chi connectivity index (χ0n) is 20.6. The molecule has 0 unspecified atom stereocenters. The van der Waals surface area contributed by atoms with Crippen LogP contribution in [0.2, 0.25) is 0 Å². The highest BCUT2D eigenvalue weighted by Gasteiger charge is 2.53. The van der Waals surface area contributed by atoms with Crippen LogP contribution in [0.3, 0.4) is 0 Å². The van der Waals surface area contributed by atoms with Gasteiger partial charge >= 0.3 is 5.69 Å². The summed E-state index contributed by atoms with van der Waals surface area (Å²) in [6.07, 6.45) is 11.0. The van der Waals surface area contributed by atoms with E-state index < -0.39 is 16.7 Å². The van der Waals surface area contributed by atoms with E-state index in [0.29, 0.717) is 30.1 Å². The van der Waals surface area contributed by atoms with Gasteiger partial charge in [-0.1, -0.05) is 0 Å². The van der Waals surface area contributed by atoms with Gasteiger partial charge in [-0.15, -0.1) is 0 Å². The molecule has 4 aliphatic rings. The lowest BCUT2D eigenvalue weighted by atomic mass is 9.53. The van der Waals surface area contributed by atoms with Crippen molar-refractivity contribution in [2.75, 3.05) is 5.32 Å². The summed E-state index contributed by atoms with van der Waals surface area (Å²) in [4.78, 5) is 37.5. The van der Waals surface area contributed by atoms with Crippen LogP contribution in [0.4, 0.5) is 11.4 Å². The Labute approximate surface area is 212 Å². The van der Waals surface area contributed by atoms with Crippen molar-refractivity contribution in [3.05, 3.63) is 58.1 Å². The van der Waals surface area contributed by atoms with E-state index in [1.54, 1.807) is 16.8 Å². The average molecular weight is 508 g/mol. The molecule has 0 spiro atoms. The van der Waals surface area contributed by atoms with Gasteiger partial charge in [-0.3, -0.25) is 29.1 Å². The van der Waals surface area contributed by atoms with Crippen molar-refractivity contribution in [2.45, 2.75) is 64.1 Å². The molecule has 4 aliphatic carbocycles. The summed E-state index contributed by atoms with van der Waals surface area (Å²) < 4.78 is 8.46. The number of nitrogens with zero attached hydrogens (tertiary/aromatic N) is 5. The predicted molar refractivity (Wildman–Crippen MR) is 131 cm³/mol. The van der Waals surface area contributed by atoms with Crippen molar-refractivity contribution in [3.8, 4) is 0 Å². The summed E-state index contributed by atoms with van der Waals surface area (Å²) in [6.45, 7) is 2.47. The predicted octanol–water partition coefficient (Wildman–Crippen LogP) is 3.71. The first-order valence-electron chi connectivity index (χ1n) is 12.8. The van der Waals surface area contributed by atoms with Gasteiger partial charge in [-0.05, 0) is 75.3 Å². The number of anilines is 1. The summed E-state index contributed by atoms with van der Waals surface area (Å²) in [5, 5.41) is 26.1. The number of hydrogen-bond acceptors (Lipinski definition) is 7. The van der Waals surface area contributed by atoms with E-state index in [-0.39, 0.29) is 34.8 Å². The first kappa shape index (κ1) is 23.4. The van der Waals surface area contributed by atoms with Crippen molar-refractivity contribution in [1.82, 2.24) is 24.9 Å². The molecule has 2 amide bonds. The minimum atomic E-state index is -0.745. The van der Waals surface area contributed by atoms with E-state index in [1.807, 2.05) is 6.92 Å². The number of hydrogen-bond donors (Lipinski definition) is 2. The van der Waals surface area contributed by atoms with Crippen molar-refractivity contribution in [3.63, 3.8) is 0 Å². The molecule has 0 radical (unpaired) electrons. The smallest absolute Gasteiger partial charge is 0.320 e. The summed E-state index contributed by atoms with van der Waals surface area (Å²) in [5.74, 6) is 1.18. The first-order valence-corrected chi connectivity index (χ1v) is 12.8. The molecule has 7 rings (SSSR count). The van der Waals surface area contributed by atoms with Gasteiger partial charge < -0.3 is 15.1 Å². The van der Waals surface area contributed by atoms with Crippen LogP contribution in [0.1, 0.15) is 72.2 Å². The Morgan fingerprint density at radius 2 is 1.81 bits per heavy atom. The average Bonchev–Trinajstić information content (AvgIpc) is 3.61. The fourth-order valence-electron chi connectivity index (χ4n) is 6.94. The molecule has 0 saturated heterocycles. The fourth-order valence-corrected chi connectivity index (χ4v) is 6.94. The van der Waals surface area contributed by atoms with Gasteiger partial charge in [-0.2, -0.15) is 10.2 Å². The molecule has 4 fully saturated rings. The SMILES string of the molecule is CCn1cc(NC(=O)c2nn(C34CC5CC(CC(C5)C3)C4)cc2[N+](=O)[O-])c(C(=O)NCc2ccco2)n1. The Morgan fingerprint density at radius 1 is 1.11 bits per heavy atom. The fraction of sp³-hybridized carbons (Fsp3) is 0.520. The van der Waals surface area contributed by atoms with Crippen LogP contribution in [-0.2, 0) is 18.6 Å². The van der Waals surface area contributed by atoms with E-state index >= 15 is 0 Å². The topological polar surface area (TPSA) is 150 Å².